The molecule has 8 heterocycles. The Morgan fingerprint density at radius 1 is 0.464 bits per heavy atom. The number of aryl methyl sites for hydroxylation is 3. The average molecular weight is 1760 g/mol. The summed E-state index contributed by atoms with van der Waals surface area (Å²) in [5, 5.41) is 64.7. The van der Waals surface area contributed by atoms with E-state index in [1.807, 2.05) is 160 Å². The molecule has 0 aliphatic heterocycles. The molecule has 0 aliphatic carbocycles. The molecule has 112 heavy (non-hydrogen) atoms. The van der Waals surface area contributed by atoms with Gasteiger partial charge in [0.05, 0.1) is 61.7 Å². The van der Waals surface area contributed by atoms with Crippen molar-refractivity contribution in [2.75, 3.05) is 19.6 Å². The van der Waals surface area contributed by atoms with Crippen LogP contribution in [0, 0.1) is 32.4 Å². The number of aliphatic hydroxyl groups is 3. The highest BCUT2D eigenvalue weighted by molar-refractivity contribution is 9.10. The molecule has 0 radical (unpaired) electrons. The Kier molecular flexibility index (Phi) is 32.7. The number of carbonyl (C=O) groups excluding carboxylic acids is 3. The predicted octanol–water partition coefficient (Wildman–Crippen LogP) is 13.6. The van der Waals surface area contributed by atoms with E-state index in [1.54, 1.807) is 29.0 Å². The molecule has 0 unspecified atom stereocenters. The van der Waals surface area contributed by atoms with E-state index in [9.17, 15) is 63.7 Å². The van der Waals surface area contributed by atoms with Crippen molar-refractivity contribution in [1.82, 2.24) is 39.2 Å². The molecule has 0 aliphatic rings. The Morgan fingerprint density at radius 2 is 0.839 bits per heavy atom. The molecule has 6 N–H and O–H groups in total. The van der Waals surface area contributed by atoms with Crippen molar-refractivity contribution in [3.63, 3.8) is 0 Å². The van der Waals surface area contributed by atoms with Gasteiger partial charge in [0.1, 0.15) is 31.2 Å². The lowest BCUT2D eigenvalue weighted by atomic mass is 10.0. The van der Waals surface area contributed by atoms with Crippen molar-refractivity contribution in [3.05, 3.63) is 294 Å². The smallest absolute Gasteiger partial charge is 0.262 e. The number of hydrogen-bond acceptors (Lipinski definition) is 22. The summed E-state index contributed by atoms with van der Waals surface area (Å²) in [6.45, 7) is 3.45. The van der Waals surface area contributed by atoms with Gasteiger partial charge in [0.2, 0.25) is 41.9 Å². The fourth-order valence-electron chi connectivity index (χ4n) is 11.6. The number of aromatic nitrogens is 2. The minimum absolute atomic E-state index is 0. The number of amides is 3. The van der Waals surface area contributed by atoms with E-state index in [1.165, 1.54) is 104 Å². The van der Waals surface area contributed by atoms with Crippen molar-refractivity contribution in [3.8, 4) is 0 Å². The van der Waals surface area contributed by atoms with Crippen LogP contribution >= 0.6 is 84.0 Å². The Bertz CT molecular complexity index is 5240. The number of nitrogens with zero attached hydrogens (tertiary/aromatic N) is 5. The first-order chi connectivity index (χ1) is 53.2. The summed E-state index contributed by atoms with van der Waals surface area (Å²) in [6, 6.07) is 43.6. The maximum absolute atomic E-state index is 14.8. The van der Waals surface area contributed by atoms with E-state index >= 15 is 0 Å². The van der Waals surface area contributed by atoms with Crippen molar-refractivity contribution >= 4 is 132 Å². The molecule has 12 rings (SSSR count). The second-order valence-electron chi connectivity index (χ2n) is 25.6. The molecule has 0 fully saturated rings. The summed E-state index contributed by atoms with van der Waals surface area (Å²) >= 11 is 11.8. The van der Waals surface area contributed by atoms with E-state index < -0.39 is 89.6 Å². The Labute approximate surface area is 682 Å². The number of thiophene rings is 6. The highest BCUT2D eigenvalue weighted by Gasteiger charge is 2.38. The average Bonchev–Trinajstić information content (AvgIpc) is 1.25. The first kappa shape index (κ1) is 87.8. The number of rotatable bonds is 35. The number of hydrogen-bond donors (Lipinski definition) is 6. The highest BCUT2D eigenvalue weighted by Crippen LogP contribution is 2.30. The summed E-state index contributed by atoms with van der Waals surface area (Å²) in [6.07, 6.45) is -0.229. The van der Waals surface area contributed by atoms with Crippen LogP contribution in [0.4, 0.5) is 8.78 Å². The fraction of sp³-hybridized carbons (Fsp3) is 0.269. The Morgan fingerprint density at radius 3 is 1.16 bits per heavy atom. The van der Waals surface area contributed by atoms with Crippen molar-refractivity contribution in [2.24, 2.45) is 0 Å². The van der Waals surface area contributed by atoms with Gasteiger partial charge in [-0.3, -0.25) is 14.4 Å². The molecule has 12 aromatic rings. The number of carbonyl (C=O) groups is 3. The van der Waals surface area contributed by atoms with Crippen LogP contribution in [0.2, 0.25) is 0 Å². The minimum Gasteiger partial charge on any atom is -0.390 e. The number of aliphatic hydroxyl groups excluding tert-OH is 3. The quantitative estimate of drug-likeness (QED) is 0.0215. The largest absolute Gasteiger partial charge is 0.390 e. The molecule has 6 atom stereocenters. The van der Waals surface area contributed by atoms with Gasteiger partial charge in [0, 0.05) is 58.4 Å². The molecule has 34 heteroatoms. The van der Waals surface area contributed by atoms with Crippen molar-refractivity contribution < 1.29 is 72.8 Å². The number of nitrogens with one attached hydrogen (secondary N) is 3. The van der Waals surface area contributed by atoms with Crippen LogP contribution in [-0.2, 0) is 91.4 Å². The first-order valence-electron chi connectivity index (χ1n) is 34.4. The molecular formula is C78H83BrF2N8O14S9. The molecule has 594 valence electrons. The monoisotopic (exact) mass is 1760 g/mol. The third-order valence-electron chi connectivity index (χ3n) is 17.4. The molecule has 0 spiro atoms. The molecule has 3 amide bonds. The van der Waals surface area contributed by atoms with Crippen LogP contribution in [0.25, 0.3) is 0 Å². The fourth-order valence-corrected chi connectivity index (χ4v) is 21.3. The van der Waals surface area contributed by atoms with E-state index in [4.69, 9.17) is 9.05 Å². The summed E-state index contributed by atoms with van der Waals surface area (Å²) in [7, 11) is -12.6. The van der Waals surface area contributed by atoms with Gasteiger partial charge in [-0.15, -0.1) is 45.3 Å². The second-order valence-corrected chi connectivity index (χ2v) is 37.7. The van der Waals surface area contributed by atoms with Crippen molar-refractivity contribution in [2.45, 2.75) is 131 Å². The molecular weight excluding hydrogens is 1680 g/mol. The molecule has 0 bridgehead atoms. The van der Waals surface area contributed by atoms with E-state index in [0.717, 1.165) is 54.1 Å². The van der Waals surface area contributed by atoms with E-state index in [-0.39, 0.29) is 104 Å². The topological polar surface area (TPSA) is 312 Å². The lowest BCUT2D eigenvalue weighted by Gasteiger charge is -2.30. The van der Waals surface area contributed by atoms with Crippen LogP contribution < -0.4 is 16.0 Å². The highest BCUT2D eigenvalue weighted by atomic mass is 79.9. The maximum Gasteiger partial charge on any atom is 0.262 e. The second kappa shape index (κ2) is 41.8. The molecule has 0 saturated heterocycles. The number of sulfonamides is 3. The minimum atomic E-state index is -4.56. The van der Waals surface area contributed by atoms with Crippen molar-refractivity contribution in [1.29, 1.82) is 0 Å². The predicted molar refractivity (Wildman–Crippen MR) is 438 cm³/mol. The zero-order valence-electron chi connectivity index (χ0n) is 59.9. The summed E-state index contributed by atoms with van der Waals surface area (Å²) in [5.74, 6) is -2.51. The van der Waals surface area contributed by atoms with Gasteiger partial charge in [-0.25, -0.2) is 34.0 Å². The van der Waals surface area contributed by atoms with Crippen LogP contribution in [0.3, 0.4) is 0 Å². The van der Waals surface area contributed by atoms with E-state index in [0.29, 0.717) is 33.1 Å². The zero-order chi connectivity index (χ0) is 79.2. The number of halogens is 3. The Balaban J connectivity index is 0.000000192. The first-order valence-corrected chi connectivity index (χ1v) is 44.9. The third-order valence-corrected chi connectivity index (χ3v) is 28.9. The summed E-state index contributed by atoms with van der Waals surface area (Å²) in [4.78, 5) is 40.5. The van der Waals surface area contributed by atoms with Crippen LogP contribution in [0.5, 0.6) is 0 Å². The zero-order valence-corrected chi connectivity index (χ0v) is 68.8. The standard InChI is InChI=1S/C28H28F2N2O4S3.C25H27N3O5S3.C24H24BrN3O5S3.CH4/c1-19-12-24(30)27(15-23(19)29)39(35,36)32(16-22-8-5-10-38-22)17-26(33)25(13-20-6-3-2-4-7-20)31-28(34)14-21-9-11-37-18-21;1-18-24(14-26-33-18)36(31,32)28(15-21-8-5-10-35-21)16-23(29)22(12-19-6-3-2-4-7-19)27-25(30)13-20-9-11-34-17-20;1-16-22(13-26-33-16)36(31,32)28(14-18-8-5-10-34-18)15-21(29)20(12-17-6-3-2-4-7-17)27-24(30)23-19(25)9-11-35-23;/h2-12,15,18,25-26,33H,13-14,16-17H2,1H3,(H,31,34);2-11,14,17,22-23,29H,12-13,15-16H2,1H3,(H,27,30);2-11,13,20-21,29H,12,14-15H2,1H3,(H,27,30);1H4/t25-,26+;22-,23+;20-,21+;/m000./s1. The lowest BCUT2D eigenvalue weighted by molar-refractivity contribution is -0.122. The molecule has 4 aromatic carbocycles. The lowest BCUT2D eigenvalue weighted by Crippen LogP contribution is -2.50. The van der Waals surface area contributed by atoms with Gasteiger partial charge in [-0.2, -0.15) is 35.6 Å². The molecule has 8 aromatic heterocycles. The SMILES string of the molecule is C.Cc1cc(F)c(S(=O)(=O)N(Cc2cccs2)C[C@@H](O)[C@H](Cc2ccccc2)NC(=O)Cc2ccsc2)cc1F.Cc1oncc1S(=O)(=O)N(Cc1cccs1)C[C@@H](O)[C@H](Cc1ccccc1)NC(=O)Cc1ccsc1.Cc1oncc1S(=O)(=O)N(Cc1cccs1)C[C@@H](O)[C@H](Cc1ccccc1)NC(=O)c1sccc1Br. The maximum atomic E-state index is 14.8. The van der Waals surface area contributed by atoms with Crippen LogP contribution in [0.15, 0.2) is 241 Å². The normalized spacial score (nSPS) is 13.4. The van der Waals surface area contributed by atoms with Crippen LogP contribution in [0.1, 0.15) is 76.6 Å². The van der Waals surface area contributed by atoms with Gasteiger partial charge in [-0.05, 0) is 181 Å². The van der Waals surface area contributed by atoms with E-state index in [2.05, 4.69) is 42.2 Å². The summed E-state index contributed by atoms with van der Waals surface area (Å²) in [5.41, 5.74) is 4.33. The third kappa shape index (κ3) is 24.7. The molecule has 0 saturated carbocycles. The number of benzene rings is 4. The summed E-state index contributed by atoms with van der Waals surface area (Å²) < 4.78 is 124. The van der Waals surface area contributed by atoms with Gasteiger partial charge in [0.15, 0.2) is 11.5 Å². The van der Waals surface area contributed by atoms with Gasteiger partial charge < -0.3 is 40.3 Å². The van der Waals surface area contributed by atoms with Gasteiger partial charge in [0.25, 0.3) is 5.91 Å². The van der Waals surface area contributed by atoms with Crippen LogP contribution in [-0.4, -0.2) is 138 Å². The van der Waals surface area contributed by atoms with Gasteiger partial charge >= 0.3 is 0 Å². The van der Waals surface area contributed by atoms with Gasteiger partial charge in [-0.1, -0.05) is 127 Å². The Hall–Kier alpha value is -8.14. The molecule has 22 nitrogen and oxygen atoms in total.